The Morgan fingerprint density at radius 3 is 2.86 bits per heavy atom. The molecule has 0 radical (unpaired) electrons. The Kier molecular flexibility index (Phi) is 2.48. The molecule has 1 aliphatic rings. The van der Waals surface area contributed by atoms with Crippen molar-refractivity contribution in [2.75, 3.05) is 16.6 Å². The first-order chi connectivity index (χ1) is 6.61. The lowest BCUT2D eigenvalue weighted by molar-refractivity contribution is 0.599. The van der Waals surface area contributed by atoms with Crippen molar-refractivity contribution in [3.63, 3.8) is 0 Å². The lowest BCUT2D eigenvalue weighted by Crippen LogP contribution is -2.26. The Hall–Kier alpha value is -0.620. The molecular weight excluding hydrogens is 268 g/mol. The molecule has 1 fully saturated rings. The van der Waals surface area contributed by atoms with Crippen molar-refractivity contribution in [3.8, 4) is 0 Å². The van der Waals surface area contributed by atoms with Gasteiger partial charge >= 0.3 is 0 Å². The van der Waals surface area contributed by atoms with E-state index in [1.807, 2.05) is 0 Å². The zero-order valence-corrected chi connectivity index (χ0v) is 9.75. The SMILES string of the molecule is O=S1(=O)CCCN1c1ncccc1Br. The molecule has 0 unspecified atom stereocenters. The van der Waals surface area contributed by atoms with E-state index in [9.17, 15) is 8.42 Å². The van der Waals surface area contributed by atoms with E-state index in [-0.39, 0.29) is 5.75 Å². The number of hydrogen-bond acceptors (Lipinski definition) is 3. The number of halogens is 1. The van der Waals surface area contributed by atoms with Crippen LogP contribution in [0.15, 0.2) is 22.8 Å². The van der Waals surface area contributed by atoms with E-state index in [2.05, 4.69) is 20.9 Å². The first kappa shape index (κ1) is 9.92. The number of rotatable bonds is 1. The van der Waals surface area contributed by atoms with Crippen molar-refractivity contribution in [2.24, 2.45) is 0 Å². The highest BCUT2D eigenvalue weighted by molar-refractivity contribution is 9.10. The third-order valence-corrected chi connectivity index (χ3v) is 4.53. The minimum Gasteiger partial charge on any atom is -0.253 e. The smallest absolute Gasteiger partial charge is 0.236 e. The summed E-state index contributed by atoms with van der Waals surface area (Å²) in [6, 6.07) is 3.55. The Morgan fingerprint density at radius 1 is 1.50 bits per heavy atom. The van der Waals surface area contributed by atoms with Gasteiger partial charge in [0.25, 0.3) is 0 Å². The van der Waals surface area contributed by atoms with Gasteiger partial charge in [0, 0.05) is 12.7 Å². The first-order valence-electron chi connectivity index (χ1n) is 4.22. The summed E-state index contributed by atoms with van der Waals surface area (Å²) in [7, 11) is -3.12. The topological polar surface area (TPSA) is 50.3 Å². The number of hydrogen-bond donors (Lipinski definition) is 0. The van der Waals surface area contributed by atoms with Gasteiger partial charge in [-0.1, -0.05) is 0 Å². The van der Waals surface area contributed by atoms with Crippen LogP contribution in [0, 0.1) is 0 Å². The largest absolute Gasteiger partial charge is 0.253 e. The monoisotopic (exact) mass is 276 g/mol. The molecule has 1 saturated heterocycles. The fourth-order valence-corrected chi connectivity index (χ4v) is 3.56. The summed E-state index contributed by atoms with van der Waals surface area (Å²) in [6.07, 6.45) is 2.26. The zero-order valence-electron chi connectivity index (χ0n) is 7.35. The molecular formula is C8H9BrN2O2S. The van der Waals surface area contributed by atoms with E-state index in [1.165, 1.54) is 4.31 Å². The molecule has 2 rings (SSSR count). The molecule has 0 bridgehead atoms. The van der Waals surface area contributed by atoms with Crippen molar-refractivity contribution < 1.29 is 8.42 Å². The summed E-state index contributed by atoms with van der Waals surface area (Å²) in [5.74, 6) is 0.709. The van der Waals surface area contributed by atoms with Crippen LogP contribution in [0.3, 0.4) is 0 Å². The highest BCUT2D eigenvalue weighted by atomic mass is 79.9. The maximum atomic E-state index is 11.6. The third kappa shape index (κ3) is 1.64. The van der Waals surface area contributed by atoms with E-state index >= 15 is 0 Å². The minimum atomic E-state index is -3.12. The molecule has 4 nitrogen and oxygen atoms in total. The van der Waals surface area contributed by atoms with Gasteiger partial charge in [0.15, 0.2) is 5.82 Å². The molecule has 0 N–H and O–H groups in total. The first-order valence-corrected chi connectivity index (χ1v) is 6.62. The molecule has 0 aliphatic carbocycles. The molecule has 1 aromatic heterocycles. The standard InChI is InChI=1S/C8H9BrN2O2S/c9-7-3-1-4-10-8(7)11-5-2-6-14(11,12)13/h1,3-4H,2,5-6H2. The van der Waals surface area contributed by atoms with E-state index in [1.54, 1.807) is 18.3 Å². The van der Waals surface area contributed by atoms with Gasteiger partial charge in [-0.25, -0.2) is 13.4 Å². The van der Waals surface area contributed by atoms with Crippen molar-refractivity contribution in [1.82, 2.24) is 4.98 Å². The number of nitrogens with zero attached hydrogens (tertiary/aromatic N) is 2. The fraction of sp³-hybridized carbons (Fsp3) is 0.375. The summed E-state index contributed by atoms with van der Waals surface area (Å²) in [6.45, 7) is 0.526. The number of sulfonamides is 1. The number of anilines is 1. The van der Waals surface area contributed by atoms with Gasteiger partial charge in [0.05, 0.1) is 10.2 Å². The van der Waals surface area contributed by atoms with E-state index in [0.29, 0.717) is 23.3 Å². The van der Waals surface area contributed by atoms with Crippen LogP contribution in [0.2, 0.25) is 0 Å². The van der Waals surface area contributed by atoms with E-state index < -0.39 is 10.0 Å². The average molecular weight is 277 g/mol. The predicted molar refractivity (Wildman–Crippen MR) is 57.7 cm³/mol. The summed E-state index contributed by atoms with van der Waals surface area (Å²) >= 11 is 3.29. The van der Waals surface area contributed by atoms with Crippen LogP contribution in [0.4, 0.5) is 5.82 Å². The Labute approximate surface area is 91.1 Å². The van der Waals surface area contributed by atoms with Gasteiger partial charge in [-0.2, -0.15) is 0 Å². The Morgan fingerprint density at radius 2 is 2.29 bits per heavy atom. The van der Waals surface area contributed by atoms with Crippen molar-refractivity contribution in [1.29, 1.82) is 0 Å². The van der Waals surface area contributed by atoms with Crippen LogP contribution >= 0.6 is 15.9 Å². The molecule has 0 aromatic carbocycles. The predicted octanol–water partition coefficient (Wildman–Crippen LogP) is 1.38. The highest BCUT2D eigenvalue weighted by Gasteiger charge is 2.30. The molecule has 1 aromatic rings. The van der Waals surface area contributed by atoms with E-state index in [4.69, 9.17) is 0 Å². The van der Waals surface area contributed by atoms with Gasteiger partial charge in [0.2, 0.25) is 10.0 Å². The normalized spacial score (nSPS) is 19.9. The second-order valence-electron chi connectivity index (χ2n) is 3.05. The van der Waals surface area contributed by atoms with Crippen LogP contribution in [0.1, 0.15) is 6.42 Å². The van der Waals surface area contributed by atoms with Gasteiger partial charge in [0.1, 0.15) is 0 Å². The van der Waals surface area contributed by atoms with E-state index in [0.717, 1.165) is 0 Å². The van der Waals surface area contributed by atoms with Crippen LogP contribution < -0.4 is 4.31 Å². The molecule has 14 heavy (non-hydrogen) atoms. The lowest BCUT2D eigenvalue weighted by atomic mass is 10.4. The van der Waals surface area contributed by atoms with Gasteiger partial charge in [-0.05, 0) is 34.5 Å². The van der Waals surface area contributed by atoms with Gasteiger partial charge in [-0.15, -0.1) is 0 Å². The van der Waals surface area contributed by atoms with Crippen LogP contribution in [0.25, 0.3) is 0 Å². The summed E-state index contributed by atoms with van der Waals surface area (Å²) in [4.78, 5) is 4.06. The fourth-order valence-electron chi connectivity index (χ4n) is 1.44. The Bertz CT molecular complexity index is 446. The summed E-state index contributed by atoms with van der Waals surface area (Å²) < 4.78 is 25.2. The number of aromatic nitrogens is 1. The van der Waals surface area contributed by atoms with Crippen molar-refractivity contribution >= 4 is 31.8 Å². The maximum Gasteiger partial charge on any atom is 0.236 e. The quantitative estimate of drug-likeness (QED) is 0.779. The number of pyridine rings is 1. The molecule has 0 amide bonds. The average Bonchev–Trinajstić information content (AvgIpc) is 2.46. The van der Waals surface area contributed by atoms with Crippen LogP contribution in [0.5, 0.6) is 0 Å². The second kappa shape index (κ2) is 3.51. The summed E-state index contributed by atoms with van der Waals surface area (Å²) in [5, 5.41) is 0. The third-order valence-electron chi connectivity index (χ3n) is 2.07. The van der Waals surface area contributed by atoms with Gasteiger partial charge < -0.3 is 0 Å². The highest BCUT2D eigenvalue weighted by Crippen LogP contribution is 2.28. The van der Waals surface area contributed by atoms with Crippen LogP contribution in [-0.2, 0) is 10.0 Å². The Balaban J connectivity index is 2.46. The maximum absolute atomic E-state index is 11.6. The molecule has 2 heterocycles. The van der Waals surface area contributed by atoms with Crippen molar-refractivity contribution in [3.05, 3.63) is 22.8 Å². The molecule has 0 spiro atoms. The van der Waals surface area contributed by atoms with Crippen molar-refractivity contribution in [2.45, 2.75) is 6.42 Å². The van der Waals surface area contributed by atoms with Crippen LogP contribution in [-0.4, -0.2) is 25.7 Å². The molecule has 76 valence electrons. The second-order valence-corrected chi connectivity index (χ2v) is 5.92. The summed E-state index contributed by atoms with van der Waals surface area (Å²) in [5.41, 5.74) is 0. The minimum absolute atomic E-state index is 0.218. The molecule has 6 heteroatoms. The zero-order chi connectivity index (χ0) is 10.2. The van der Waals surface area contributed by atoms with Gasteiger partial charge in [-0.3, -0.25) is 4.31 Å². The molecule has 1 aliphatic heterocycles. The lowest BCUT2D eigenvalue weighted by Gasteiger charge is -2.16. The molecule has 0 atom stereocenters. The molecule has 0 saturated carbocycles.